The van der Waals surface area contributed by atoms with E-state index in [0.29, 0.717) is 12.8 Å². The van der Waals surface area contributed by atoms with Crippen LogP contribution in [0.4, 0.5) is 14.5 Å². The van der Waals surface area contributed by atoms with Gasteiger partial charge in [0.15, 0.2) is 21.5 Å². The highest BCUT2D eigenvalue weighted by atomic mass is 35.5. The fourth-order valence-electron chi connectivity index (χ4n) is 5.74. The first-order valence-corrected chi connectivity index (χ1v) is 14.1. The summed E-state index contributed by atoms with van der Waals surface area (Å²) in [6, 6.07) is 6.60. The number of aliphatic hydroxyl groups excluding tert-OH is 2. The fourth-order valence-corrected chi connectivity index (χ4v) is 8.14. The minimum Gasteiger partial charge on any atom is -0.390 e. The van der Waals surface area contributed by atoms with Crippen LogP contribution < -0.4 is 5.32 Å². The molecule has 2 aromatic rings. The van der Waals surface area contributed by atoms with Crippen molar-refractivity contribution < 1.29 is 37.3 Å². The van der Waals surface area contributed by atoms with E-state index in [-0.39, 0.29) is 39.9 Å². The maximum absolute atomic E-state index is 13.7. The normalized spacial score (nSPS) is 27.2. The number of halogens is 3. The number of rotatable bonds is 7. The number of carbonyl (C=O) groups excluding carboxylic acids is 1. The zero-order chi connectivity index (χ0) is 27.3. The number of sulfone groups is 1. The third kappa shape index (κ3) is 5.02. The Balaban J connectivity index is 1.58. The molecule has 4 N–H and O–H groups in total. The Morgan fingerprint density at radius 3 is 2.24 bits per heavy atom. The predicted octanol–water partition coefficient (Wildman–Crippen LogP) is 3.94. The second kappa shape index (κ2) is 10.2. The number of benzene rings is 2. The van der Waals surface area contributed by atoms with E-state index in [1.165, 1.54) is 18.2 Å². The minimum absolute atomic E-state index is 0.00598. The molecular weight excluding hydrogens is 528 g/mol. The van der Waals surface area contributed by atoms with Crippen LogP contribution in [0.5, 0.6) is 0 Å². The summed E-state index contributed by atoms with van der Waals surface area (Å²) in [5.74, 6) is -4.31. The lowest BCUT2D eigenvalue weighted by Crippen LogP contribution is -2.60. The van der Waals surface area contributed by atoms with Crippen LogP contribution >= 0.6 is 11.6 Å². The molecule has 1 amide bonds. The number of carbonyl (C=O) groups is 1. The Morgan fingerprint density at radius 2 is 1.68 bits per heavy atom. The van der Waals surface area contributed by atoms with Crippen LogP contribution in [-0.4, -0.2) is 52.7 Å². The van der Waals surface area contributed by atoms with Crippen molar-refractivity contribution in [1.29, 1.82) is 0 Å². The summed E-state index contributed by atoms with van der Waals surface area (Å²) in [5, 5.41) is 34.1. The van der Waals surface area contributed by atoms with Gasteiger partial charge >= 0.3 is 0 Å². The molecule has 0 aliphatic heterocycles. The van der Waals surface area contributed by atoms with E-state index in [0.717, 1.165) is 18.2 Å². The number of hydrogen-bond acceptors (Lipinski definition) is 6. The van der Waals surface area contributed by atoms with E-state index in [9.17, 15) is 37.3 Å². The van der Waals surface area contributed by atoms with Gasteiger partial charge in [-0.2, -0.15) is 0 Å². The van der Waals surface area contributed by atoms with Crippen LogP contribution in [0.15, 0.2) is 41.3 Å². The van der Waals surface area contributed by atoms with E-state index < -0.39 is 62.3 Å². The number of hydrogen-bond donors (Lipinski definition) is 4. The molecule has 2 saturated carbocycles. The number of anilines is 1. The SMILES string of the molecule is CC(C)[C@H](O)[C@@H](O)[C@]1(O)C2CCC1C[C@@H](S(=O)(=O)c1cc(C(=O)Nc3ccc(F)c(F)c3)ccc1Cl)C2. The summed E-state index contributed by atoms with van der Waals surface area (Å²) >= 11 is 6.25. The van der Waals surface area contributed by atoms with Crippen molar-refractivity contribution in [2.75, 3.05) is 5.32 Å². The number of fused-ring (bicyclic) bond motifs is 2. The van der Waals surface area contributed by atoms with Crippen molar-refractivity contribution in [2.45, 2.75) is 67.5 Å². The van der Waals surface area contributed by atoms with Crippen LogP contribution in [-0.2, 0) is 9.84 Å². The third-order valence-corrected chi connectivity index (χ3v) is 10.5. The predicted molar refractivity (Wildman–Crippen MR) is 134 cm³/mol. The highest BCUT2D eigenvalue weighted by Crippen LogP contribution is 2.54. The Hall–Kier alpha value is -2.11. The molecule has 4 rings (SSSR count). The van der Waals surface area contributed by atoms with Gasteiger partial charge in [0.25, 0.3) is 5.91 Å². The second-order valence-corrected chi connectivity index (χ2v) is 13.0. The lowest BCUT2D eigenvalue weighted by atomic mass is 9.69. The molecule has 202 valence electrons. The van der Waals surface area contributed by atoms with Gasteiger partial charge in [-0.15, -0.1) is 0 Å². The monoisotopic (exact) mass is 557 g/mol. The summed E-state index contributed by atoms with van der Waals surface area (Å²) < 4.78 is 54.0. The average Bonchev–Trinajstić information content (AvgIpc) is 3.01. The highest BCUT2D eigenvalue weighted by molar-refractivity contribution is 7.92. The first kappa shape index (κ1) is 27.9. The summed E-state index contributed by atoms with van der Waals surface area (Å²) in [4.78, 5) is 12.5. The molecule has 7 nitrogen and oxygen atoms in total. The average molecular weight is 558 g/mol. The third-order valence-electron chi connectivity index (χ3n) is 7.86. The van der Waals surface area contributed by atoms with Crippen LogP contribution in [0.3, 0.4) is 0 Å². The Morgan fingerprint density at radius 1 is 1.05 bits per heavy atom. The first-order valence-electron chi connectivity index (χ1n) is 12.1. The molecular formula is C26H30ClF2NO6S. The Labute approximate surface area is 219 Å². The lowest BCUT2D eigenvalue weighted by molar-refractivity contribution is -0.183. The fraction of sp³-hybridized carbons (Fsp3) is 0.500. The highest BCUT2D eigenvalue weighted by Gasteiger charge is 2.60. The molecule has 2 aromatic carbocycles. The molecule has 0 saturated heterocycles. The van der Waals surface area contributed by atoms with Crippen LogP contribution in [0, 0.1) is 29.4 Å². The lowest BCUT2D eigenvalue weighted by Gasteiger charge is -2.47. The molecule has 37 heavy (non-hydrogen) atoms. The first-order chi connectivity index (χ1) is 17.3. The van der Waals surface area contributed by atoms with Crippen LogP contribution in [0.1, 0.15) is 49.9 Å². The van der Waals surface area contributed by atoms with E-state index >= 15 is 0 Å². The topological polar surface area (TPSA) is 124 Å². The molecule has 2 aliphatic carbocycles. The molecule has 2 fully saturated rings. The summed E-state index contributed by atoms with van der Waals surface area (Å²) in [7, 11) is -4.05. The smallest absolute Gasteiger partial charge is 0.255 e. The van der Waals surface area contributed by atoms with Crippen molar-refractivity contribution in [3.8, 4) is 0 Å². The van der Waals surface area contributed by atoms with Gasteiger partial charge in [0.05, 0.1) is 26.9 Å². The molecule has 2 bridgehead atoms. The van der Waals surface area contributed by atoms with Crippen LogP contribution in [0.2, 0.25) is 5.02 Å². The molecule has 11 heteroatoms. The van der Waals surface area contributed by atoms with Gasteiger partial charge in [0.1, 0.15) is 6.10 Å². The molecule has 2 unspecified atom stereocenters. The van der Waals surface area contributed by atoms with Crippen molar-refractivity contribution in [2.24, 2.45) is 17.8 Å². The van der Waals surface area contributed by atoms with Crippen molar-refractivity contribution >= 4 is 33.0 Å². The Bertz CT molecular complexity index is 1290. The van der Waals surface area contributed by atoms with Gasteiger partial charge in [-0.1, -0.05) is 25.4 Å². The minimum atomic E-state index is -4.05. The van der Waals surface area contributed by atoms with Gasteiger partial charge in [0, 0.05) is 17.3 Å². The maximum atomic E-state index is 13.7. The zero-order valence-electron chi connectivity index (χ0n) is 20.4. The molecule has 0 spiro atoms. The number of nitrogens with one attached hydrogen (secondary N) is 1. The number of aliphatic hydroxyl groups is 3. The summed E-state index contributed by atoms with van der Waals surface area (Å²) in [6.07, 6.45) is -1.39. The molecule has 2 aliphatic rings. The molecule has 0 radical (unpaired) electrons. The van der Waals surface area contributed by atoms with Gasteiger partial charge < -0.3 is 20.6 Å². The van der Waals surface area contributed by atoms with Crippen molar-refractivity contribution in [1.82, 2.24) is 0 Å². The van der Waals surface area contributed by atoms with Gasteiger partial charge in [-0.05, 0) is 73.8 Å². The van der Waals surface area contributed by atoms with Gasteiger partial charge in [0.2, 0.25) is 0 Å². The zero-order valence-corrected chi connectivity index (χ0v) is 21.9. The molecule has 0 heterocycles. The second-order valence-electron chi connectivity index (χ2n) is 10.4. The maximum Gasteiger partial charge on any atom is 0.255 e. The van der Waals surface area contributed by atoms with E-state index in [1.807, 2.05) is 0 Å². The van der Waals surface area contributed by atoms with E-state index in [1.54, 1.807) is 13.8 Å². The van der Waals surface area contributed by atoms with Crippen molar-refractivity contribution in [3.63, 3.8) is 0 Å². The largest absolute Gasteiger partial charge is 0.390 e. The number of amides is 1. The van der Waals surface area contributed by atoms with Crippen molar-refractivity contribution in [3.05, 3.63) is 58.6 Å². The van der Waals surface area contributed by atoms with Gasteiger partial charge in [-0.3, -0.25) is 4.79 Å². The summed E-state index contributed by atoms with van der Waals surface area (Å²) in [6.45, 7) is 3.46. The quantitative estimate of drug-likeness (QED) is 0.409. The standard InChI is InChI=1S/C26H30ClF2NO6S/c1-13(2)23(31)24(32)26(34)15-4-5-16(26)11-18(10-15)37(35,36)22-9-14(3-7-19(22)27)25(33)30-17-6-8-20(28)21(29)12-17/h3,6-9,12-13,15-16,18,23-24,31-32,34H,4-5,10-11H2,1-2H3,(H,30,33)/t15?,16?,18-,23-,24+,26-/m0/s1. The molecule has 4 atom stereocenters. The molecule has 0 aromatic heterocycles. The van der Waals surface area contributed by atoms with Crippen LogP contribution in [0.25, 0.3) is 0 Å². The van der Waals surface area contributed by atoms with Gasteiger partial charge in [-0.25, -0.2) is 17.2 Å². The Kier molecular flexibility index (Phi) is 7.71. The van der Waals surface area contributed by atoms with E-state index in [4.69, 9.17) is 11.6 Å². The van der Waals surface area contributed by atoms with E-state index in [2.05, 4.69) is 5.32 Å². The summed E-state index contributed by atoms with van der Waals surface area (Å²) in [5.41, 5.74) is -1.64.